The molecule has 1 atom stereocenters. The van der Waals surface area contributed by atoms with Gasteiger partial charge in [-0.05, 0) is 37.6 Å². The molecule has 1 amide bonds. The van der Waals surface area contributed by atoms with E-state index >= 15 is 0 Å². The summed E-state index contributed by atoms with van der Waals surface area (Å²) < 4.78 is 23.7. The monoisotopic (exact) mass is 270 g/mol. The van der Waals surface area contributed by atoms with Crippen molar-refractivity contribution < 1.29 is 18.0 Å². The van der Waals surface area contributed by atoms with Crippen LogP contribution in [0.2, 0.25) is 0 Å². The van der Waals surface area contributed by atoms with Crippen molar-refractivity contribution in [3.8, 4) is 0 Å². The molecular formula is C11H14N2O4S. The van der Waals surface area contributed by atoms with Gasteiger partial charge >= 0.3 is 0 Å². The molecule has 0 saturated carbocycles. The van der Waals surface area contributed by atoms with E-state index in [2.05, 4.69) is 5.32 Å². The van der Waals surface area contributed by atoms with Gasteiger partial charge in [-0.2, -0.15) is 0 Å². The normalized spacial score (nSPS) is 18.6. The van der Waals surface area contributed by atoms with Gasteiger partial charge in [0.15, 0.2) is 0 Å². The molecule has 2 N–H and O–H groups in total. The third-order valence-corrected chi connectivity index (χ3v) is 3.98. The number of hydrogen-bond acceptors (Lipinski definition) is 4. The Morgan fingerprint density at radius 1 is 1.44 bits per heavy atom. The lowest BCUT2D eigenvalue weighted by Gasteiger charge is -2.08. The highest BCUT2D eigenvalue weighted by atomic mass is 32.2. The van der Waals surface area contributed by atoms with Crippen molar-refractivity contribution >= 4 is 21.6 Å². The topological polar surface area (TPSA) is 84.5 Å². The first-order valence-corrected chi connectivity index (χ1v) is 7.02. The van der Waals surface area contributed by atoms with Gasteiger partial charge in [0.25, 0.3) is 10.0 Å². The summed E-state index contributed by atoms with van der Waals surface area (Å²) in [4.78, 5) is 18.3. The average Bonchev–Trinajstić information content (AvgIpc) is 2.62. The van der Waals surface area contributed by atoms with Crippen LogP contribution in [0.4, 0.5) is 5.69 Å². The number of carbonyl (C=O) groups excluding carboxylic acids is 1. The SMILES string of the molecule is CCONS(=O)(=O)c1ccc2c(c1)C(C)C(=O)N2. The van der Waals surface area contributed by atoms with E-state index in [-0.39, 0.29) is 23.3 Å². The average molecular weight is 270 g/mol. The minimum Gasteiger partial charge on any atom is -0.325 e. The number of nitrogens with one attached hydrogen (secondary N) is 2. The van der Waals surface area contributed by atoms with Crippen molar-refractivity contribution in [1.29, 1.82) is 0 Å². The number of rotatable bonds is 4. The zero-order valence-electron chi connectivity index (χ0n) is 10.1. The first kappa shape index (κ1) is 13.0. The highest BCUT2D eigenvalue weighted by Crippen LogP contribution is 2.33. The second-order valence-corrected chi connectivity index (χ2v) is 5.62. The maximum atomic E-state index is 11.8. The zero-order chi connectivity index (χ0) is 13.3. The maximum absolute atomic E-state index is 11.8. The van der Waals surface area contributed by atoms with Gasteiger partial charge in [-0.25, -0.2) is 8.42 Å². The fourth-order valence-electron chi connectivity index (χ4n) is 1.75. The van der Waals surface area contributed by atoms with E-state index in [9.17, 15) is 13.2 Å². The van der Waals surface area contributed by atoms with Gasteiger partial charge in [0.1, 0.15) is 0 Å². The zero-order valence-corrected chi connectivity index (χ0v) is 10.9. The lowest BCUT2D eigenvalue weighted by Crippen LogP contribution is -2.24. The minimum absolute atomic E-state index is 0.0815. The van der Waals surface area contributed by atoms with Crippen LogP contribution in [0.15, 0.2) is 23.1 Å². The van der Waals surface area contributed by atoms with Gasteiger partial charge in [0.2, 0.25) is 5.91 Å². The summed E-state index contributed by atoms with van der Waals surface area (Å²) in [6.45, 7) is 3.64. The number of fused-ring (bicyclic) bond motifs is 1. The Bertz CT molecular complexity index is 583. The molecule has 6 nitrogen and oxygen atoms in total. The smallest absolute Gasteiger partial charge is 0.262 e. The van der Waals surface area contributed by atoms with E-state index in [1.807, 2.05) is 4.89 Å². The third-order valence-electron chi connectivity index (χ3n) is 2.76. The minimum atomic E-state index is -3.70. The van der Waals surface area contributed by atoms with Crippen LogP contribution in [0.25, 0.3) is 0 Å². The van der Waals surface area contributed by atoms with Gasteiger partial charge in [-0.3, -0.25) is 9.63 Å². The Kier molecular flexibility index (Phi) is 3.38. The molecule has 1 aliphatic rings. The van der Waals surface area contributed by atoms with E-state index in [4.69, 9.17) is 4.84 Å². The van der Waals surface area contributed by atoms with E-state index in [0.717, 1.165) is 0 Å². The van der Waals surface area contributed by atoms with Crippen LogP contribution in [0.1, 0.15) is 25.3 Å². The van der Waals surface area contributed by atoms with E-state index < -0.39 is 10.0 Å². The highest BCUT2D eigenvalue weighted by molar-refractivity contribution is 7.89. The number of hydrogen-bond donors (Lipinski definition) is 2. The van der Waals surface area contributed by atoms with Crippen molar-refractivity contribution in [2.75, 3.05) is 11.9 Å². The molecule has 1 aliphatic heterocycles. The Hall–Kier alpha value is -1.44. The van der Waals surface area contributed by atoms with Crippen LogP contribution in [-0.4, -0.2) is 20.9 Å². The molecule has 0 aliphatic carbocycles. The Labute approximate surface area is 105 Å². The molecule has 0 radical (unpaired) electrons. The summed E-state index contributed by atoms with van der Waals surface area (Å²) in [5, 5.41) is 2.68. The Morgan fingerprint density at radius 2 is 2.17 bits per heavy atom. The lowest BCUT2D eigenvalue weighted by atomic mass is 10.0. The predicted octanol–water partition coefficient (Wildman–Crippen LogP) is 0.972. The van der Waals surface area contributed by atoms with Crippen LogP contribution in [0.3, 0.4) is 0 Å². The Morgan fingerprint density at radius 3 is 2.83 bits per heavy atom. The fraction of sp³-hybridized carbons (Fsp3) is 0.364. The largest absolute Gasteiger partial charge is 0.325 e. The molecule has 0 saturated heterocycles. The summed E-state index contributed by atoms with van der Waals surface area (Å²) in [5.74, 6) is -0.473. The van der Waals surface area contributed by atoms with Gasteiger partial charge in [-0.1, -0.05) is 4.89 Å². The standard InChI is InChI=1S/C11H14N2O4S/c1-3-17-13-18(15,16)8-4-5-10-9(6-8)7(2)11(14)12-10/h4-7,13H,3H2,1-2H3,(H,12,14). The van der Waals surface area contributed by atoms with Crippen molar-refractivity contribution in [3.05, 3.63) is 23.8 Å². The summed E-state index contributed by atoms with van der Waals surface area (Å²) in [5.41, 5.74) is 1.34. The van der Waals surface area contributed by atoms with Gasteiger partial charge in [0, 0.05) is 5.69 Å². The fourth-order valence-corrected chi connectivity index (χ4v) is 2.65. The number of anilines is 1. The molecular weight excluding hydrogens is 256 g/mol. The van der Waals surface area contributed by atoms with Crippen molar-refractivity contribution in [2.24, 2.45) is 0 Å². The highest BCUT2D eigenvalue weighted by Gasteiger charge is 2.28. The molecule has 18 heavy (non-hydrogen) atoms. The van der Waals surface area contributed by atoms with Crippen LogP contribution in [0, 0.1) is 0 Å². The Balaban J connectivity index is 2.36. The third kappa shape index (κ3) is 2.24. The molecule has 98 valence electrons. The van der Waals surface area contributed by atoms with Crippen LogP contribution in [-0.2, 0) is 19.7 Å². The molecule has 1 aromatic rings. The molecule has 0 fully saturated rings. The molecule has 0 bridgehead atoms. The van der Waals surface area contributed by atoms with Crippen molar-refractivity contribution in [1.82, 2.24) is 4.89 Å². The number of carbonyl (C=O) groups is 1. The second-order valence-electron chi connectivity index (χ2n) is 3.98. The van der Waals surface area contributed by atoms with Gasteiger partial charge < -0.3 is 5.32 Å². The summed E-state index contributed by atoms with van der Waals surface area (Å²) >= 11 is 0. The quantitative estimate of drug-likeness (QED) is 0.798. The second kappa shape index (κ2) is 4.68. The van der Waals surface area contributed by atoms with Gasteiger partial charge in [0.05, 0.1) is 17.4 Å². The van der Waals surface area contributed by atoms with E-state index in [1.165, 1.54) is 12.1 Å². The van der Waals surface area contributed by atoms with Crippen molar-refractivity contribution in [3.63, 3.8) is 0 Å². The molecule has 1 aromatic carbocycles. The van der Waals surface area contributed by atoms with Crippen molar-refractivity contribution in [2.45, 2.75) is 24.7 Å². The molecule has 0 spiro atoms. The molecule has 7 heteroatoms. The van der Waals surface area contributed by atoms with Gasteiger partial charge in [-0.15, -0.1) is 0 Å². The number of benzene rings is 1. The van der Waals surface area contributed by atoms with Crippen LogP contribution in [0.5, 0.6) is 0 Å². The summed E-state index contributed by atoms with van der Waals surface area (Å²) in [6, 6.07) is 4.50. The molecule has 2 rings (SSSR count). The summed E-state index contributed by atoms with van der Waals surface area (Å²) in [6.07, 6.45) is 0. The molecule has 1 unspecified atom stereocenters. The summed E-state index contributed by atoms with van der Waals surface area (Å²) in [7, 11) is -3.70. The van der Waals surface area contributed by atoms with Crippen LogP contribution < -0.4 is 10.2 Å². The first-order chi connectivity index (χ1) is 8.45. The molecule has 1 heterocycles. The van der Waals surface area contributed by atoms with E-state index in [0.29, 0.717) is 11.3 Å². The predicted molar refractivity (Wildman–Crippen MR) is 65.4 cm³/mol. The number of sulfonamides is 1. The molecule has 0 aromatic heterocycles. The number of amides is 1. The van der Waals surface area contributed by atoms with Crippen LogP contribution >= 0.6 is 0 Å². The lowest BCUT2D eigenvalue weighted by molar-refractivity contribution is -0.116. The van der Waals surface area contributed by atoms with E-state index in [1.54, 1.807) is 19.9 Å². The maximum Gasteiger partial charge on any atom is 0.262 e. The first-order valence-electron chi connectivity index (χ1n) is 5.54.